The SMILES string of the molecule is CCCCN1C(=O)c2c(-n3cccc3)c3ccccc3n2CC1(C)C(=O)NC1CCCC1. The van der Waals surface area contributed by atoms with Crippen LogP contribution in [0.3, 0.4) is 0 Å². The minimum absolute atomic E-state index is 0.0280. The summed E-state index contributed by atoms with van der Waals surface area (Å²) in [6, 6.07) is 12.3. The second-order valence-electron chi connectivity index (χ2n) is 9.43. The summed E-state index contributed by atoms with van der Waals surface area (Å²) in [5, 5.41) is 4.31. The molecule has 0 bridgehead atoms. The van der Waals surface area contributed by atoms with E-state index in [0.717, 1.165) is 55.1 Å². The van der Waals surface area contributed by atoms with Gasteiger partial charge in [0.05, 0.1) is 17.7 Å². The number of para-hydroxylation sites is 1. The number of benzene rings is 1. The van der Waals surface area contributed by atoms with Crippen LogP contribution >= 0.6 is 0 Å². The number of carbonyl (C=O) groups is 2. The van der Waals surface area contributed by atoms with Gasteiger partial charge in [-0.3, -0.25) is 9.59 Å². The fraction of sp³-hybridized carbons (Fsp3) is 0.462. The maximum absolute atomic E-state index is 14.1. The minimum Gasteiger partial charge on any atom is -0.351 e. The van der Waals surface area contributed by atoms with Crippen LogP contribution in [0.5, 0.6) is 0 Å². The molecule has 0 spiro atoms. The molecule has 1 atom stereocenters. The molecular formula is C26H32N4O2. The Kier molecular flexibility index (Phi) is 5.31. The lowest BCUT2D eigenvalue weighted by atomic mass is 9.93. The van der Waals surface area contributed by atoms with E-state index in [9.17, 15) is 9.59 Å². The summed E-state index contributed by atoms with van der Waals surface area (Å²) in [7, 11) is 0. The van der Waals surface area contributed by atoms with Gasteiger partial charge in [0, 0.05) is 30.4 Å². The van der Waals surface area contributed by atoms with Crippen LogP contribution < -0.4 is 5.32 Å². The molecule has 168 valence electrons. The third-order valence-corrected chi connectivity index (χ3v) is 7.23. The van der Waals surface area contributed by atoms with Gasteiger partial charge in [-0.05, 0) is 44.4 Å². The molecule has 1 unspecified atom stereocenters. The van der Waals surface area contributed by atoms with Crippen LogP contribution in [0.2, 0.25) is 0 Å². The van der Waals surface area contributed by atoms with Crippen molar-refractivity contribution in [2.24, 2.45) is 0 Å². The summed E-state index contributed by atoms with van der Waals surface area (Å²) >= 11 is 0. The molecule has 1 saturated carbocycles. The van der Waals surface area contributed by atoms with Gasteiger partial charge < -0.3 is 19.4 Å². The van der Waals surface area contributed by atoms with Gasteiger partial charge in [-0.2, -0.15) is 0 Å². The van der Waals surface area contributed by atoms with Gasteiger partial charge in [0.15, 0.2) is 0 Å². The molecule has 1 aliphatic heterocycles. The van der Waals surface area contributed by atoms with Crippen LogP contribution in [0, 0.1) is 0 Å². The second kappa shape index (κ2) is 8.15. The fourth-order valence-electron chi connectivity index (χ4n) is 5.43. The lowest BCUT2D eigenvalue weighted by molar-refractivity contribution is -0.133. The van der Waals surface area contributed by atoms with E-state index in [0.29, 0.717) is 18.8 Å². The molecule has 6 nitrogen and oxygen atoms in total. The zero-order valence-electron chi connectivity index (χ0n) is 19.0. The van der Waals surface area contributed by atoms with Crippen molar-refractivity contribution in [2.45, 2.75) is 70.5 Å². The van der Waals surface area contributed by atoms with Gasteiger partial charge in [0.1, 0.15) is 11.2 Å². The van der Waals surface area contributed by atoms with Crippen molar-refractivity contribution in [1.29, 1.82) is 0 Å². The Bertz CT molecular complexity index is 1140. The van der Waals surface area contributed by atoms with Gasteiger partial charge in [0.2, 0.25) is 5.91 Å². The van der Waals surface area contributed by atoms with Crippen LogP contribution in [-0.2, 0) is 11.3 Å². The second-order valence-corrected chi connectivity index (χ2v) is 9.43. The number of fused-ring (bicyclic) bond motifs is 3. The average molecular weight is 433 g/mol. The number of amides is 2. The highest BCUT2D eigenvalue weighted by Crippen LogP contribution is 2.38. The molecule has 2 aromatic heterocycles. The highest BCUT2D eigenvalue weighted by Gasteiger charge is 2.49. The molecule has 0 saturated heterocycles. The maximum atomic E-state index is 14.1. The standard InChI is InChI=1S/C26H32N4O2/c1-3-4-17-30-24(31)23-22(28-15-9-10-16-28)20-13-7-8-14-21(20)29(23)18-26(30,2)25(32)27-19-11-5-6-12-19/h7-10,13-16,19H,3-6,11-12,17-18H2,1-2H3,(H,27,32). The van der Waals surface area contributed by atoms with Gasteiger partial charge in [-0.25, -0.2) is 0 Å². The largest absolute Gasteiger partial charge is 0.351 e. The smallest absolute Gasteiger partial charge is 0.273 e. The quantitative estimate of drug-likeness (QED) is 0.623. The van der Waals surface area contributed by atoms with Crippen molar-refractivity contribution >= 4 is 22.7 Å². The monoisotopic (exact) mass is 432 g/mol. The molecule has 1 aliphatic carbocycles. The number of unbranched alkanes of at least 4 members (excludes halogenated alkanes) is 1. The first-order chi connectivity index (χ1) is 15.5. The zero-order chi connectivity index (χ0) is 22.3. The minimum atomic E-state index is -0.919. The Morgan fingerprint density at radius 2 is 1.84 bits per heavy atom. The van der Waals surface area contributed by atoms with Crippen LogP contribution in [0.1, 0.15) is 62.9 Å². The predicted molar refractivity (Wildman–Crippen MR) is 126 cm³/mol. The number of nitrogens with one attached hydrogen (secondary N) is 1. The topological polar surface area (TPSA) is 59.3 Å². The molecule has 6 heteroatoms. The maximum Gasteiger partial charge on any atom is 0.273 e. The molecule has 1 N–H and O–H groups in total. The van der Waals surface area contributed by atoms with Gasteiger partial charge in [-0.15, -0.1) is 0 Å². The Morgan fingerprint density at radius 3 is 2.56 bits per heavy atom. The molecule has 32 heavy (non-hydrogen) atoms. The van der Waals surface area contributed by atoms with Crippen molar-refractivity contribution in [3.05, 3.63) is 54.5 Å². The van der Waals surface area contributed by atoms with Crippen LogP contribution in [0.4, 0.5) is 0 Å². The van der Waals surface area contributed by atoms with Gasteiger partial charge in [0.25, 0.3) is 5.91 Å². The van der Waals surface area contributed by atoms with E-state index in [2.05, 4.69) is 28.9 Å². The van der Waals surface area contributed by atoms with Gasteiger partial charge >= 0.3 is 0 Å². The third kappa shape index (κ3) is 3.24. The Balaban J connectivity index is 1.65. The highest BCUT2D eigenvalue weighted by molar-refractivity contribution is 6.08. The summed E-state index contributed by atoms with van der Waals surface area (Å²) in [5.74, 6) is -0.0894. The Hall–Kier alpha value is -3.02. The summed E-state index contributed by atoms with van der Waals surface area (Å²) in [4.78, 5) is 29.6. The summed E-state index contributed by atoms with van der Waals surface area (Å²) in [5.41, 5.74) is 1.65. The number of carbonyl (C=O) groups excluding carboxylic acids is 2. The summed E-state index contributed by atoms with van der Waals surface area (Å²) < 4.78 is 4.09. The summed E-state index contributed by atoms with van der Waals surface area (Å²) in [6.45, 7) is 5.10. The molecular weight excluding hydrogens is 400 g/mol. The average Bonchev–Trinajstić information content (AvgIpc) is 3.54. The van der Waals surface area contributed by atoms with E-state index in [-0.39, 0.29) is 17.9 Å². The number of hydrogen-bond donors (Lipinski definition) is 1. The highest BCUT2D eigenvalue weighted by atomic mass is 16.2. The van der Waals surface area contributed by atoms with Crippen LogP contribution in [-0.4, -0.2) is 44.0 Å². The first-order valence-corrected chi connectivity index (χ1v) is 11.9. The van der Waals surface area contributed by atoms with E-state index >= 15 is 0 Å². The Morgan fingerprint density at radius 1 is 1.12 bits per heavy atom. The van der Waals surface area contributed by atoms with Crippen molar-refractivity contribution in [3.63, 3.8) is 0 Å². The first kappa shape index (κ1) is 20.9. The molecule has 0 radical (unpaired) electrons. The van der Waals surface area contributed by atoms with Crippen molar-refractivity contribution in [3.8, 4) is 5.69 Å². The molecule has 2 aliphatic rings. The number of aromatic nitrogens is 2. The normalized spacial score (nSPS) is 21.3. The van der Waals surface area contributed by atoms with E-state index in [1.165, 1.54) is 0 Å². The summed E-state index contributed by atoms with van der Waals surface area (Å²) in [6.07, 6.45) is 10.2. The molecule has 3 heterocycles. The molecule has 1 fully saturated rings. The van der Waals surface area contributed by atoms with Crippen molar-refractivity contribution in [1.82, 2.24) is 19.4 Å². The predicted octanol–water partition coefficient (Wildman–Crippen LogP) is 4.51. The number of nitrogens with zero attached hydrogens (tertiary/aromatic N) is 3. The van der Waals surface area contributed by atoms with E-state index < -0.39 is 5.54 Å². The molecule has 1 aromatic carbocycles. The molecule has 2 amide bonds. The molecule has 3 aromatic rings. The fourth-order valence-corrected chi connectivity index (χ4v) is 5.43. The third-order valence-electron chi connectivity index (χ3n) is 7.23. The molecule has 5 rings (SSSR count). The van der Waals surface area contributed by atoms with E-state index in [1.54, 1.807) is 0 Å². The lowest BCUT2D eigenvalue weighted by Crippen LogP contribution is -2.65. The van der Waals surface area contributed by atoms with E-state index in [4.69, 9.17) is 0 Å². The van der Waals surface area contributed by atoms with Crippen molar-refractivity contribution in [2.75, 3.05) is 6.54 Å². The zero-order valence-corrected chi connectivity index (χ0v) is 19.0. The van der Waals surface area contributed by atoms with Crippen LogP contribution in [0.25, 0.3) is 16.6 Å². The lowest BCUT2D eigenvalue weighted by Gasteiger charge is -2.44. The Labute approximate surface area is 189 Å². The van der Waals surface area contributed by atoms with Crippen molar-refractivity contribution < 1.29 is 9.59 Å². The van der Waals surface area contributed by atoms with Gasteiger partial charge in [-0.1, -0.05) is 44.4 Å². The van der Waals surface area contributed by atoms with E-state index in [1.807, 2.05) is 53.0 Å². The number of hydrogen-bond acceptors (Lipinski definition) is 2. The number of rotatable bonds is 6. The first-order valence-electron chi connectivity index (χ1n) is 11.9. The van der Waals surface area contributed by atoms with Crippen LogP contribution in [0.15, 0.2) is 48.8 Å².